The van der Waals surface area contributed by atoms with Crippen molar-refractivity contribution in [2.24, 2.45) is 5.92 Å². The van der Waals surface area contributed by atoms with Gasteiger partial charge < -0.3 is 10.2 Å². The van der Waals surface area contributed by atoms with E-state index < -0.39 is 0 Å². The van der Waals surface area contributed by atoms with E-state index in [0.717, 1.165) is 38.2 Å². The minimum Gasteiger partial charge on any atom is -0.340 e. The number of rotatable bonds is 4. The predicted molar refractivity (Wildman–Crippen MR) is 84.8 cm³/mol. The van der Waals surface area contributed by atoms with E-state index in [-0.39, 0.29) is 5.91 Å². The maximum absolute atomic E-state index is 12.6. The second-order valence-corrected chi connectivity index (χ2v) is 6.79. The molecule has 1 aliphatic heterocycles. The fraction of sp³-hybridized carbons (Fsp3) is 0.812. The van der Waals surface area contributed by atoms with E-state index in [4.69, 9.17) is 0 Å². The Morgan fingerprint density at radius 3 is 2.64 bits per heavy atom. The van der Waals surface area contributed by atoms with Crippen LogP contribution in [0.4, 0.5) is 0 Å². The third-order valence-electron chi connectivity index (χ3n) is 5.14. The highest BCUT2D eigenvalue weighted by atomic mass is 16.2. The molecule has 1 saturated carbocycles. The van der Waals surface area contributed by atoms with E-state index in [2.05, 4.69) is 15.6 Å². The van der Waals surface area contributed by atoms with Crippen LogP contribution in [0.2, 0.25) is 0 Å². The molecule has 2 aliphatic rings. The highest BCUT2D eigenvalue weighted by Gasteiger charge is 2.26. The smallest absolute Gasteiger partial charge is 0.276 e. The number of nitrogens with zero attached hydrogens (tertiary/aromatic N) is 4. The van der Waals surface area contributed by atoms with Gasteiger partial charge in [0.2, 0.25) is 0 Å². The van der Waals surface area contributed by atoms with Gasteiger partial charge in [0.25, 0.3) is 5.91 Å². The molecule has 1 aliphatic carbocycles. The molecule has 6 nitrogen and oxygen atoms in total. The average Bonchev–Trinajstić information content (AvgIpc) is 3.17. The number of carbonyl (C=O) groups is 1. The first-order valence-electron chi connectivity index (χ1n) is 8.54. The largest absolute Gasteiger partial charge is 0.340 e. The SMILES string of the molecule is Cc1c(C(=O)N(C)CC2CCCC2)nnn1C1CCNCC1. The Labute approximate surface area is 132 Å². The van der Waals surface area contributed by atoms with Crippen LogP contribution in [0.25, 0.3) is 0 Å². The molecule has 0 radical (unpaired) electrons. The summed E-state index contributed by atoms with van der Waals surface area (Å²) < 4.78 is 1.96. The molecular formula is C16H27N5O. The van der Waals surface area contributed by atoms with E-state index in [1.54, 1.807) is 0 Å². The standard InChI is InChI=1S/C16H27N5O/c1-12-15(16(22)20(2)11-13-5-3-4-6-13)18-19-21(12)14-7-9-17-10-8-14/h13-14,17H,3-11H2,1-2H3. The quantitative estimate of drug-likeness (QED) is 0.921. The van der Waals surface area contributed by atoms with Crippen LogP contribution in [0.5, 0.6) is 0 Å². The molecule has 1 N–H and O–H groups in total. The molecule has 6 heteroatoms. The summed E-state index contributed by atoms with van der Waals surface area (Å²) in [7, 11) is 1.89. The second-order valence-electron chi connectivity index (χ2n) is 6.79. The summed E-state index contributed by atoms with van der Waals surface area (Å²) in [6, 6.07) is 0.371. The Kier molecular flexibility index (Phi) is 4.76. The van der Waals surface area contributed by atoms with Crippen LogP contribution in [0.1, 0.15) is 60.7 Å². The maximum Gasteiger partial charge on any atom is 0.276 e. The van der Waals surface area contributed by atoms with Crippen molar-refractivity contribution in [3.63, 3.8) is 0 Å². The van der Waals surface area contributed by atoms with Gasteiger partial charge in [-0.15, -0.1) is 5.10 Å². The Bertz CT molecular complexity index is 515. The lowest BCUT2D eigenvalue weighted by Gasteiger charge is -2.24. The zero-order chi connectivity index (χ0) is 15.5. The number of nitrogens with one attached hydrogen (secondary N) is 1. The van der Waals surface area contributed by atoms with E-state index in [1.807, 2.05) is 23.6 Å². The molecule has 1 saturated heterocycles. The van der Waals surface area contributed by atoms with Crippen LogP contribution in [0.15, 0.2) is 0 Å². The third-order valence-corrected chi connectivity index (χ3v) is 5.14. The molecule has 2 heterocycles. The minimum absolute atomic E-state index is 0.0181. The van der Waals surface area contributed by atoms with Crippen molar-refractivity contribution >= 4 is 5.91 Å². The van der Waals surface area contributed by atoms with Gasteiger partial charge in [-0.2, -0.15) is 0 Å². The van der Waals surface area contributed by atoms with E-state index in [9.17, 15) is 4.79 Å². The number of carbonyl (C=O) groups excluding carboxylic acids is 1. The van der Waals surface area contributed by atoms with Crippen LogP contribution in [0, 0.1) is 12.8 Å². The van der Waals surface area contributed by atoms with Crippen molar-refractivity contribution in [2.75, 3.05) is 26.7 Å². The van der Waals surface area contributed by atoms with Gasteiger partial charge in [0, 0.05) is 13.6 Å². The zero-order valence-corrected chi connectivity index (χ0v) is 13.7. The van der Waals surface area contributed by atoms with Crippen LogP contribution in [-0.4, -0.2) is 52.5 Å². The first-order chi connectivity index (χ1) is 10.7. The number of hydrogen-bond acceptors (Lipinski definition) is 4. The summed E-state index contributed by atoms with van der Waals surface area (Å²) in [4.78, 5) is 14.5. The highest BCUT2D eigenvalue weighted by Crippen LogP contribution is 2.26. The average molecular weight is 305 g/mol. The Morgan fingerprint density at radius 1 is 1.27 bits per heavy atom. The molecular weight excluding hydrogens is 278 g/mol. The summed E-state index contributed by atoms with van der Waals surface area (Å²) in [6.45, 7) is 4.83. The first-order valence-corrected chi connectivity index (χ1v) is 8.54. The van der Waals surface area contributed by atoms with E-state index >= 15 is 0 Å². The van der Waals surface area contributed by atoms with Crippen molar-refractivity contribution in [3.8, 4) is 0 Å². The zero-order valence-electron chi connectivity index (χ0n) is 13.7. The van der Waals surface area contributed by atoms with Gasteiger partial charge in [-0.25, -0.2) is 4.68 Å². The lowest BCUT2D eigenvalue weighted by molar-refractivity contribution is 0.0766. The molecule has 1 amide bonds. The second kappa shape index (κ2) is 6.77. The topological polar surface area (TPSA) is 63.1 Å². The van der Waals surface area contributed by atoms with Gasteiger partial charge in [0.15, 0.2) is 5.69 Å². The lowest BCUT2D eigenvalue weighted by atomic mass is 10.1. The van der Waals surface area contributed by atoms with Gasteiger partial charge >= 0.3 is 0 Å². The first kappa shape index (κ1) is 15.5. The van der Waals surface area contributed by atoms with E-state index in [0.29, 0.717) is 17.7 Å². The van der Waals surface area contributed by atoms with Gasteiger partial charge in [-0.3, -0.25) is 4.79 Å². The Hall–Kier alpha value is -1.43. The van der Waals surface area contributed by atoms with Crippen LogP contribution >= 0.6 is 0 Å². The van der Waals surface area contributed by atoms with Gasteiger partial charge in [-0.05, 0) is 51.6 Å². The van der Waals surface area contributed by atoms with Crippen molar-refractivity contribution in [3.05, 3.63) is 11.4 Å². The Balaban J connectivity index is 1.68. The fourth-order valence-corrected chi connectivity index (χ4v) is 3.78. The molecule has 22 heavy (non-hydrogen) atoms. The van der Waals surface area contributed by atoms with Crippen molar-refractivity contribution in [1.82, 2.24) is 25.2 Å². The fourth-order valence-electron chi connectivity index (χ4n) is 3.78. The molecule has 0 spiro atoms. The number of hydrogen-bond donors (Lipinski definition) is 1. The summed E-state index contributed by atoms with van der Waals surface area (Å²) in [5.74, 6) is 0.679. The van der Waals surface area contributed by atoms with Crippen molar-refractivity contribution in [1.29, 1.82) is 0 Å². The monoisotopic (exact) mass is 305 g/mol. The van der Waals surface area contributed by atoms with Gasteiger partial charge in [0.05, 0.1) is 11.7 Å². The van der Waals surface area contributed by atoms with Crippen LogP contribution in [0.3, 0.4) is 0 Å². The summed E-state index contributed by atoms with van der Waals surface area (Å²) >= 11 is 0. The highest BCUT2D eigenvalue weighted by molar-refractivity contribution is 5.93. The molecule has 3 rings (SSSR count). The molecule has 122 valence electrons. The molecule has 0 bridgehead atoms. The number of amides is 1. The number of piperidine rings is 1. The summed E-state index contributed by atoms with van der Waals surface area (Å²) in [6.07, 6.45) is 7.21. The van der Waals surface area contributed by atoms with Crippen LogP contribution < -0.4 is 5.32 Å². The molecule has 2 fully saturated rings. The number of aromatic nitrogens is 3. The van der Waals surface area contributed by atoms with Gasteiger partial charge in [0.1, 0.15) is 0 Å². The lowest BCUT2D eigenvalue weighted by Crippen LogP contribution is -2.32. The van der Waals surface area contributed by atoms with Crippen LogP contribution in [-0.2, 0) is 0 Å². The summed E-state index contributed by atoms with van der Waals surface area (Å²) in [5.41, 5.74) is 1.44. The maximum atomic E-state index is 12.6. The molecule has 1 aromatic rings. The summed E-state index contributed by atoms with van der Waals surface area (Å²) in [5, 5.41) is 11.8. The Morgan fingerprint density at radius 2 is 1.95 bits per heavy atom. The minimum atomic E-state index is 0.0181. The van der Waals surface area contributed by atoms with Crippen molar-refractivity contribution in [2.45, 2.75) is 51.5 Å². The van der Waals surface area contributed by atoms with Crippen molar-refractivity contribution < 1.29 is 4.79 Å². The molecule has 0 unspecified atom stereocenters. The molecule has 1 aromatic heterocycles. The van der Waals surface area contributed by atoms with E-state index in [1.165, 1.54) is 25.7 Å². The van der Waals surface area contributed by atoms with Gasteiger partial charge in [-0.1, -0.05) is 18.1 Å². The normalized spacial score (nSPS) is 20.5. The third kappa shape index (κ3) is 3.16. The molecule has 0 atom stereocenters. The molecule has 0 aromatic carbocycles. The predicted octanol–water partition coefficient (Wildman–Crippen LogP) is 1.77.